The van der Waals surface area contributed by atoms with Gasteiger partial charge in [0, 0.05) is 13.1 Å². The molecular weight excluding hydrogens is 236 g/mol. The molecule has 0 aromatic carbocycles. The summed E-state index contributed by atoms with van der Waals surface area (Å²) >= 11 is 0. The van der Waals surface area contributed by atoms with Crippen LogP contribution in [0.3, 0.4) is 0 Å². The lowest BCUT2D eigenvalue weighted by Crippen LogP contribution is -2.21. The summed E-state index contributed by atoms with van der Waals surface area (Å²) in [5.41, 5.74) is 0. The third-order valence-electron chi connectivity index (χ3n) is 2.66. The van der Waals surface area contributed by atoms with Crippen molar-refractivity contribution in [1.82, 2.24) is 10.6 Å². The normalized spacial score (nSPS) is 10.0. The zero-order chi connectivity index (χ0) is 13.6. The Morgan fingerprint density at radius 1 is 0.611 bits per heavy atom. The van der Waals surface area contributed by atoms with Crippen molar-refractivity contribution < 1.29 is 19.8 Å². The van der Waals surface area contributed by atoms with Gasteiger partial charge in [0.2, 0.25) is 0 Å². The Bertz CT molecular complexity index is 210. The molecule has 18 heavy (non-hydrogen) atoms. The van der Waals surface area contributed by atoms with E-state index in [4.69, 9.17) is 10.2 Å². The Labute approximate surface area is 108 Å². The molecule has 0 saturated heterocycles. The fourth-order valence-electron chi connectivity index (χ4n) is 1.70. The van der Waals surface area contributed by atoms with Crippen molar-refractivity contribution in [1.29, 1.82) is 0 Å². The zero-order valence-corrected chi connectivity index (χ0v) is 10.8. The molecule has 0 fully saturated rings. The predicted molar refractivity (Wildman–Crippen MR) is 69.0 cm³/mol. The van der Waals surface area contributed by atoms with E-state index in [1.807, 2.05) is 0 Å². The van der Waals surface area contributed by atoms with Crippen LogP contribution in [0, 0.1) is 0 Å². The topological polar surface area (TPSA) is 98.7 Å². The van der Waals surface area contributed by atoms with E-state index in [0.29, 0.717) is 13.1 Å². The highest BCUT2D eigenvalue weighted by atomic mass is 16.4. The number of hydrogen-bond acceptors (Lipinski definition) is 2. The molecule has 0 heterocycles. The summed E-state index contributed by atoms with van der Waals surface area (Å²) < 4.78 is 0. The molecule has 0 aromatic heterocycles. The maximum absolute atomic E-state index is 10.1. The van der Waals surface area contributed by atoms with Gasteiger partial charge in [0.1, 0.15) is 0 Å². The Balaban J connectivity index is 2.99. The van der Waals surface area contributed by atoms with Crippen molar-refractivity contribution >= 4 is 12.2 Å². The van der Waals surface area contributed by atoms with Gasteiger partial charge in [-0.15, -0.1) is 0 Å². The first-order valence-electron chi connectivity index (χ1n) is 6.56. The molecule has 0 atom stereocenters. The number of rotatable bonds is 11. The van der Waals surface area contributed by atoms with E-state index in [-0.39, 0.29) is 0 Å². The third-order valence-corrected chi connectivity index (χ3v) is 2.66. The Morgan fingerprint density at radius 2 is 0.889 bits per heavy atom. The van der Waals surface area contributed by atoms with Gasteiger partial charge in [-0.1, -0.05) is 38.5 Å². The van der Waals surface area contributed by atoms with Gasteiger partial charge in [-0.05, 0) is 12.8 Å². The monoisotopic (exact) mass is 260 g/mol. The zero-order valence-electron chi connectivity index (χ0n) is 10.8. The highest BCUT2D eigenvalue weighted by Crippen LogP contribution is 2.07. The van der Waals surface area contributed by atoms with E-state index < -0.39 is 12.2 Å². The number of amides is 2. The van der Waals surface area contributed by atoms with Crippen LogP contribution in [0.1, 0.15) is 51.4 Å². The quantitative estimate of drug-likeness (QED) is 0.429. The van der Waals surface area contributed by atoms with Gasteiger partial charge < -0.3 is 20.8 Å². The number of hydrogen-bond donors (Lipinski definition) is 4. The number of carbonyl (C=O) groups is 2. The molecule has 2 amide bonds. The van der Waals surface area contributed by atoms with Crippen LogP contribution in [0.15, 0.2) is 0 Å². The standard InChI is InChI=1S/C12H24N2O4/c15-11(16)13-9-7-5-3-1-2-4-6-8-10-14-12(17)18/h13-14H,1-10H2,(H,15,16)(H,17,18). The molecule has 0 aliphatic carbocycles. The van der Waals surface area contributed by atoms with Crippen LogP contribution >= 0.6 is 0 Å². The molecule has 0 aliphatic rings. The van der Waals surface area contributed by atoms with Crippen LogP contribution in [0.25, 0.3) is 0 Å². The SMILES string of the molecule is O=C(O)NCCCCCCCCCCNC(=O)O. The Kier molecular flexibility index (Phi) is 11.0. The lowest BCUT2D eigenvalue weighted by Gasteiger charge is -2.03. The first-order valence-corrected chi connectivity index (χ1v) is 6.56. The lowest BCUT2D eigenvalue weighted by atomic mass is 10.1. The van der Waals surface area contributed by atoms with Gasteiger partial charge in [-0.3, -0.25) is 0 Å². The largest absolute Gasteiger partial charge is 0.465 e. The molecule has 0 radical (unpaired) electrons. The number of unbranched alkanes of at least 4 members (excludes halogenated alkanes) is 7. The van der Waals surface area contributed by atoms with E-state index in [0.717, 1.165) is 38.5 Å². The molecule has 0 bridgehead atoms. The van der Waals surface area contributed by atoms with Crippen LogP contribution < -0.4 is 10.6 Å². The minimum absolute atomic E-state index is 0.538. The summed E-state index contributed by atoms with van der Waals surface area (Å²) in [6, 6.07) is 0. The summed E-state index contributed by atoms with van der Waals surface area (Å²) in [5.74, 6) is 0. The smallest absolute Gasteiger partial charge is 0.404 e. The summed E-state index contributed by atoms with van der Waals surface area (Å²) in [6.07, 6.45) is 6.60. The molecule has 0 aromatic rings. The first kappa shape index (κ1) is 16.5. The summed E-state index contributed by atoms with van der Waals surface area (Å²) in [7, 11) is 0. The maximum atomic E-state index is 10.1. The highest BCUT2D eigenvalue weighted by Gasteiger charge is 1.95. The lowest BCUT2D eigenvalue weighted by molar-refractivity contribution is 0.193. The molecule has 6 nitrogen and oxygen atoms in total. The Hall–Kier alpha value is -1.46. The maximum Gasteiger partial charge on any atom is 0.404 e. The minimum Gasteiger partial charge on any atom is -0.465 e. The van der Waals surface area contributed by atoms with E-state index in [9.17, 15) is 9.59 Å². The molecule has 0 rings (SSSR count). The first-order chi connectivity index (χ1) is 8.63. The Morgan fingerprint density at radius 3 is 1.17 bits per heavy atom. The molecule has 6 heteroatoms. The van der Waals surface area contributed by atoms with Crippen molar-refractivity contribution in [2.45, 2.75) is 51.4 Å². The van der Waals surface area contributed by atoms with E-state index in [1.54, 1.807) is 0 Å². The molecule has 0 spiro atoms. The van der Waals surface area contributed by atoms with Crippen molar-refractivity contribution in [3.05, 3.63) is 0 Å². The van der Waals surface area contributed by atoms with Crippen LogP contribution in [0.5, 0.6) is 0 Å². The van der Waals surface area contributed by atoms with Crippen LogP contribution in [0.4, 0.5) is 9.59 Å². The second kappa shape index (κ2) is 12.0. The molecule has 0 unspecified atom stereocenters. The minimum atomic E-state index is -0.954. The van der Waals surface area contributed by atoms with Crippen molar-refractivity contribution in [2.75, 3.05) is 13.1 Å². The summed E-state index contributed by atoms with van der Waals surface area (Å²) in [4.78, 5) is 20.3. The fourth-order valence-corrected chi connectivity index (χ4v) is 1.70. The van der Waals surface area contributed by atoms with Gasteiger partial charge in [0.25, 0.3) is 0 Å². The van der Waals surface area contributed by atoms with Crippen LogP contribution in [-0.4, -0.2) is 35.5 Å². The predicted octanol–water partition coefficient (Wildman–Crippen LogP) is 2.64. The summed E-state index contributed by atoms with van der Waals surface area (Å²) in [5, 5.41) is 21.4. The number of carboxylic acid groups (broad SMARTS) is 2. The molecule has 106 valence electrons. The number of nitrogens with one attached hydrogen (secondary N) is 2. The van der Waals surface area contributed by atoms with Crippen molar-refractivity contribution in [2.24, 2.45) is 0 Å². The third kappa shape index (κ3) is 14.5. The summed E-state index contributed by atoms with van der Waals surface area (Å²) in [6.45, 7) is 1.08. The highest BCUT2D eigenvalue weighted by molar-refractivity contribution is 5.64. The van der Waals surface area contributed by atoms with Gasteiger partial charge in [0.15, 0.2) is 0 Å². The molecule has 4 N–H and O–H groups in total. The van der Waals surface area contributed by atoms with Gasteiger partial charge >= 0.3 is 12.2 Å². The van der Waals surface area contributed by atoms with Gasteiger partial charge in [-0.25, -0.2) is 9.59 Å². The van der Waals surface area contributed by atoms with Crippen molar-refractivity contribution in [3.63, 3.8) is 0 Å². The van der Waals surface area contributed by atoms with Gasteiger partial charge in [0.05, 0.1) is 0 Å². The fraction of sp³-hybridized carbons (Fsp3) is 0.833. The molecular formula is C12H24N2O4. The van der Waals surface area contributed by atoms with Gasteiger partial charge in [-0.2, -0.15) is 0 Å². The van der Waals surface area contributed by atoms with E-state index >= 15 is 0 Å². The van der Waals surface area contributed by atoms with E-state index in [2.05, 4.69) is 10.6 Å². The van der Waals surface area contributed by atoms with Crippen LogP contribution in [-0.2, 0) is 0 Å². The molecule has 0 aliphatic heterocycles. The average Bonchev–Trinajstić information content (AvgIpc) is 2.29. The van der Waals surface area contributed by atoms with Crippen LogP contribution in [0.2, 0.25) is 0 Å². The van der Waals surface area contributed by atoms with Crippen molar-refractivity contribution in [3.8, 4) is 0 Å². The average molecular weight is 260 g/mol. The second-order valence-electron chi connectivity index (χ2n) is 4.29. The second-order valence-corrected chi connectivity index (χ2v) is 4.29. The van der Waals surface area contributed by atoms with E-state index in [1.165, 1.54) is 12.8 Å². The molecule has 0 saturated carbocycles.